The van der Waals surface area contributed by atoms with E-state index in [4.69, 9.17) is 5.73 Å². The summed E-state index contributed by atoms with van der Waals surface area (Å²) in [5, 5.41) is 0. The molecular weight excluding hydrogens is 320 g/mol. The summed E-state index contributed by atoms with van der Waals surface area (Å²) >= 11 is 0. The molecule has 1 aliphatic heterocycles. The van der Waals surface area contributed by atoms with Gasteiger partial charge in [-0.1, -0.05) is 49.4 Å². The van der Waals surface area contributed by atoms with Gasteiger partial charge in [0.15, 0.2) is 0 Å². The molecule has 0 unspecified atom stereocenters. The van der Waals surface area contributed by atoms with Gasteiger partial charge in [0.05, 0.1) is 4.90 Å². The maximum Gasteiger partial charge on any atom is 0.243 e. The highest BCUT2D eigenvalue weighted by Crippen LogP contribution is 2.35. The first-order chi connectivity index (χ1) is 11.6. The van der Waals surface area contributed by atoms with Crippen molar-refractivity contribution in [3.8, 4) is 0 Å². The van der Waals surface area contributed by atoms with Gasteiger partial charge in [-0.15, -0.1) is 0 Å². The molecule has 0 aliphatic carbocycles. The van der Waals surface area contributed by atoms with Crippen molar-refractivity contribution >= 4 is 10.0 Å². The maximum atomic E-state index is 13.0. The van der Waals surface area contributed by atoms with E-state index in [1.165, 1.54) is 0 Å². The molecule has 0 radical (unpaired) electrons. The number of rotatable bonds is 5. The van der Waals surface area contributed by atoms with Gasteiger partial charge in [-0.25, -0.2) is 8.42 Å². The smallest absolute Gasteiger partial charge is 0.243 e. The fourth-order valence-electron chi connectivity index (χ4n) is 3.39. The predicted octanol–water partition coefficient (Wildman–Crippen LogP) is 2.61. The van der Waals surface area contributed by atoms with Crippen LogP contribution in [-0.2, 0) is 16.4 Å². The number of hydrogen-bond donors (Lipinski definition) is 1. The van der Waals surface area contributed by atoms with Crippen molar-refractivity contribution in [3.63, 3.8) is 0 Å². The van der Waals surface area contributed by atoms with E-state index in [2.05, 4.69) is 19.1 Å². The van der Waals surface area contributed by atoms with E-state index in [1.807, 2.05) is 30.3 Å². The Morgan fingerprint density at radius 2 is 1.71 bits per heavy atom. The quantitative estimate of drug-likeness (QED) is 0.907. The lowest BCUT2D eigenvalue weighted by molar-refractivity contribution is 0.459. The molecule has 2 N–H and O–H groups in total. The summed E-state index contributed by atoms with van der Waals surface area (Å²) < 4.78 is 27.5. The van der Waals surface area contributed by atoms with Crippen molar-refractivity contribution in [2.24, 2.45) is 11.7 Å². The third kappa shape index (κ3) is 3.24. The van der Waals surface area contributed by atoms with E-state index >= 15 is 0 Å². The molecule has 5 heteroatoms. The zero-order valence-corrected chi connectivity index (χ0v) is 14.7. The van der Waals surface area contributed by atoms with E-state index in [0.29, 0.717) is 24.5 Å². The Hall–Kier alpha value is -1.69. The number of aryl methyl sites for hydroxylation is 1. The summed E-state index contributed by atoms with van der Waals surface area (Å²) in [4.78, 5) is 0.365. The average molecular weight is 344 g/mol. The van der Waals surface area contributed by atoms with Crippen LogP contribution >= 0.6 is 0 Å². The van der Waals surface area contributed by atoms with Crippen LogP contribution in [0.25, 0.3) is 0 Å². The third-order valence-corrected chi connectivity index (χ3v) is 6.75. The summed E-state index contributed by atoms with van der Waals surface area (Å²) in [7, 11) is -3.47. The lowest BCUT2D eigenvalue weighted by atomic mass is 9.89. The monoisotopic (exact) mass is 344 g/mol. The molecule has 1 saturated heterocycles. The van der Waals surface area contributed by atoms with Crippen LogP contribution in [0.1, 0.15) is 24.0 Å². The molecule has 0 spiro atoms. The van der Waals surface area contributed by atoms with E-state index in [9.17, 15) is 8.42 Å². The molecule has 0 bridgehead atoms. The summed E-state index contributed by atoms with van der Waals surface area (Å²) in [6, 6.07) is 17.3. The van der Waals surface area contributed by atoms with Gasteiger partial charge < -0.3 is 5.73 Å². The van der Waals surface area contributed by atoms with E-state index < -0.39 is 10.0 Å². The van der Waals surface area contributed by atoms with Crippen LogP contribution < -0.4 is 5.73 Å². The largest absolute Gasteiger partial charge is 0.330 e. The highest BCUT2D eigenvalue weighted by Gasteiger charge is 2.39. The first kappa shape index (κ1) is 17.1. The Morgan fingerprint density at radius 1 is 1.04 bits per heavy atom. The van der Waals surface area contributed by atoms with Crippen LogP contribution in [0.4, 0.5) is 0 Å². The molecule has 2 atom stereocenters. The van der Waals surface area contributed by atoms with Crippen molar-refractivity contribution in [3.05, 3.63) is 65.7 Å². The Kier molecular flexibility index (Phi) is 5.04. The summed E-state index contributed by atoms with van der Waals surface area (Å²) in [5.74, 6) is 0.304. The predicted molar refractivity (Wildman–Crippen MR) is 96.3 cm³/mol. The molecule has 2 aromatic carbocycles. The number of sulfonamides is 1. The Balaban J connectivity index is 1.86. The minimum absolute atomic E-state index is 0.150. The molecule has 3 rings (SSSR count). The second kappa shape index (κ2) is 7.05. The molecule has 0 saturated carbocycles. The fourth-order valence-corrected chi connectivity index (χ4v) is 4.91. The van der Waals surface area contributed by atoms with Gasteiger partial charge in [0.2, 0.25) is 10.0 Å². The molecule has 128 valence electrons. The average Bonchev–Trinajstić information content (AvgIpc) is 3.08. The van der Waals surface area contributed by atoms with Crippen molar-refractivity contribution < 1.29 is 8.42 Å². The Morgan fingerprint density at radius 3 is 2.29 bits per heavy atom. The van der Waals surface area contributed by atoms with Gasteiger partial charge in [0.25, 0.3) is 0 Å². The molecule has 0 aromatic heterocycles. The zero-order valence-electron chi connectivity index (χ0n) is 13.9. The third-order valence-electron chi connectivity index (χ3n) is 4.91. The van der Waals surface area contributed by atoms with Crippen molar-refractivity contribution in [2.45, 2.75) is 24.2 Å². The molecule has 2 aromatic rings. The Bertz CT molecular complexity index is 773. The second-order valence-electron chi connectivity index (χ2n) is 6.33. The zero-order chi connectivity index (χ0) is 17.2. The van der Waals surface area contributed by atoms with Gasteiger partial charge in [-0.05, 0) is 42.1 Å². The van der Waals surface area contributed by atoms with Crippen LogP contribution in [0.2, 0.25) is 0 Å². The molecule has 1 aliphatic rings. The van der Waals surface area contributed by atoms with Gasteiger partial charge in [-0.2, -0.15) is 4.31 Å². The SMILES string of the molecule is CCc1ccc(S(=O)(=O)N2C[C@@H](CN)[C@H](c3ccccc3)C2)cc1. The minimum Gasteiger partial charge on any atom is -0.330 e. The summed E-state index contributed by atoms with van der Waals surface area (Å²) in [5.41, 5.74) is 8.22. The van der Waals surface area contributed by atoms with Gasteiger partial charge in [-0.3, -0.25) is 0 Å². The van der Waals surface area contributed by atoms with Crippen LogP contribution in [0.3, 0.4) is 0 Å². The van der Waals surface area contributed by atoms with E-state index in [-0.39, 0.29) is 11.8 Å². The van der Waals surface area contributed by atoms with Crippen LogP contribution in [-0.4, -0.2) is 32.4 Å². The van der Waals surface area contributed by atoms with Crippen molar-refractivity contribution in [1.82, 2.24) is 4.31 Å². The van der Waals surface area contributed by atoms with Crippen LogP contribution in [0.15, 0.2) is 59.5 Å². The summed E-state index contributed by atoms with van der Waals surface area (Å²) in [6.07, 6.45) is 0.898. The van der Waals surface area contributed by atoms with E-state index in [1.54, 1.807) is 16.4 Å². The molecule has 0 amide bonds. The number of benzene rings is 2. The first-order valence-corrected chi connectivity index (χ1v) is 9.84. The molecule has 4 nitrogen and oxygen atoms in total. The van der Waals surface area contributed by atoms with Crippen LogP contribution in [0, 0.1) is 5.92 Å². The van der Waals surface area contributed by atoms with Crippen LogP contribution in [0.5, 0.6) is 0 Å². The molecular formula is C19H24N2O2S. The van der Waals surface area contributed by atoms with Gasteiger partial charge in [0, 0.05) is 19.0 Å². The van der Waals surface area contributed by atoms with Crippen molar-refractivity contribution in [2.75, 3.05) is 19.6 Å². The molecule has 24 heavy (non-hydrogen) atoms. The van der Waals surface area contributed by atoms with Crippen molar-refractivity contribution in [1.29, 1.82) is 0 Å². The second-order valence-corrected chi connectivity index (χ2v) is 8.27. The standard InChI is InChI=1S/C19H24N2O2S/c1-2-15-8-10-18(11-9-15)24(22,23)21-13-17(12-20)19(14-21)16-6-4-3-5-7-16/h3-11,17,19H,2,12-14,20H2,1H3/t17-,19+/m1/s1. The first-order valence-electron chi connectivity index (χ1n) is 8.40. The number of nitrogens with zero attached hydrogens (tertiary/aromatic N) is 1. The number of nitrogens with two attached hydrogens (primary N) is 1. The normalized spacial score (nSPS) is 21.9. The number of hydrogen-bond acceptors (Lipinski definition) is 3. The lowest BCUT2D eigenvalue weighted by Crippen LogP contribution is -2.30. The minimum atomic E-state index is -3.47. The van der Waals surface area contributed by atoms with Gasteiger partial charge >= 0.3 is 0 Å². The highest BCUT2D eigenvalue weighted by atomic mass is 32.2. The molecule has 1 fully saturated rings. The topological polar surface area (TPSA) is 63.4 Å². The Labute approximate surface area is 144 Å². The lowest BCUT2D eigenvalue weighted by Gasteiger charge is -2.17. The summed E-state index contributed by atoms with van der Waals surface area (Å²) in [6.45, 7) is 3.51. The maximum absolute atomic E-state index is 13.0. The van der Waals surface area contributed by atoms with Gasteiger partial charge in [0.1, 0.15) is 0 Å². The highest BCUT2D eigenvalue weighted by molar-refractivity contribution is 7.89. The van der Waals surface area contributed by atoms with E-state index in [0.717, 1.165) is 17.5 Å². The fraction of sp³-hybridized carbons (Fsp3) is 0.368. The molecule has 1 heterocycles.